The predicted octanol–water partition coefficient (Wildman–Crippen LogP) is 3.24. The normalized spacial score (nSPS) is 12.5. The van der Waals surface area contributed by atoms with Crippen LogP contribution < -0.4 is 5.32 Å². The highest BCUT2D eigenvalue weighted by molar-refractivity contribution is 5.82. The highest BCUT2D eigenvalue weighted by Gasteiger charge is 2.11. The van der Waals surface area contributed by atoms with E-state index in [2.05, 4.69) is 24.2 Å². The Balaban J connectivity index is 2.24. The average molecular weight is 227 g/mol. The van der Waals surface area contributed by atoms with E-state index in [1.807, 2.05) is 25.1 Å². The minimum Gasteiger partial charge on any atom is -0.461 e. The molecule has 0 saturated carbocycles. The van der Waals surface area contributed by atoms with Crippen LogP contribution in [0.25, 0.3) is 11.0 Å². The lowest BCUT2D eigenvalue weighted by atomic mass is 10.1. The molecule has 0 amide bonds. The fourth-order valence-electron chi connectivity index (χ4n) is 1.99. The number of para-hydroxylation sites is 1. The summed E-state index contributed by atoms with van der Waals surface area (Å²) in [7, 11) is 0. The van der Waals surface area contributed by atoms with Gasteiger partial charge in [-0.05, 0) is 19.4 Å². The maximum absolute atomic E-state index is 5.71. The van der Waals surface area contributed by atoms with Gasteiger partial charge in [-0.3, -0.25) is 5.32 Å². The van der Waals surface area contributed by atoms with Gasteiger partial charge in [-0.25, -0.2) is 0 Å². The number of fused-ring (bicyclic) bond motifs is 1. The Hall–Kier alpha value is -1.72. The molecule has 1 aromatic carbocycles. The molecule has 2 aromatic rings. The van der Waals surface area contributed by atoms with Crippen LogP contribution in [-0.4, -0.2) is 6.04 Å². The zero-order valence-corrected chi connectivity index (χ0v) is 10.3. The molecule has 0 aliphatic rings. The number of nitrogens with one attached hydrogen (secondary N) is 1. The summed E-state index contributed by atoms with van der Waals surface area (Å²) >= 11 is 0. The van der Waals surface area contributed by atoms with Crippen molar-refractivity contribution in [2.45, 2.75) is 32.9 Å². The van der Waals surface area contributed by atoms with Crippen molar-refractivity contribution in [2.24, 2.45) is 0 Å². The summed E-state index contributed by atoms with van der Waals surface area (Å²) in [6.45, 7) is 4.83. The molecule has 0 spiro atoms. The lowest BCUT2D eigenvalue weighted by Crippen LogP contribution is -2.26. The van der Waals surface area contributed by atoms with Crippen LogP contribution in [0.15, 0.2) is 28.7 Å². The standard InChI is InChI=1S/C15H17NO/c1-4-12(5-2)16-10-14-11(3)17-15-9-7-6-8-13(14)15/h1,6-9,12,16H,5,10H2,2-3H3. The van der Waals surface area contributed by atoms with Crippen LogP contribution >= 0.6 is 0 Å². The van der Waals surface area contributed by atoms with Gasteiger partial charge in [0.2, 0.25) is 0 Å². The lowest BCUT2D eigenvalue weighted by molar-refractivity contribution is 0.552. The largest absolute Gasteiger partial charge is 0.461 e. The SMILES string of the molecule is C#CC(CC)NCc1c(C)oc2ccccc12. The summed E-state index contributed by atoms with van der Waals surface area (Å²) < 4.78 is 5.71. The van der Waals surface area contributed by atoms with Crippen LogP contribution in [0.4, 0.5) is 0 Å². The molecule has 88 valence electrons. The molecule has 1 aromatic heterocycles. The maximum Gasteiger partial charge on any atom is 0.134 e. The molecule has 0 fully saturated rings. The monoisotopic (exact) mass is 227 g/mol. The van der Waals surface area contributed by atoms with E-state index in [4.69, 9.17) is 10.8 Å². The van der Waals surface area contributed by atoms with E-state index in [0.717, 1.165) is 24.3 Å². The van der Waals surface area contributed by atoms with E-state index >= 15 is 0 Å². The molecule has 1 N–H and O–H groups in total. The number of rotatable bonds is 4. The van der Waals surface area contributed by atoms with Crippen molar-refractivity contribution in [3.05, 3.63) is 35.6 Å². The topological polar surface area (TPSA) is 25.2 Å². The molecule has 17 heavy (non-hydrogen) atoms. The summed E-state index contributed by atoms with van der Waals surface area (Å²) in [4.78, 5) is 0. The lowest BCUT2D eigenvalue weighted by Gasteiger charge is -2.09. The number of benzene rings is 1. The first kappa shape index (κ1) is 11.8. The quantitative estimate of drug-likeness (QED) is 0.811. The van der Waals surface area contributed by atoms with Crippen molar-refractivity contribution in [1.82, 2.24) is 5.32 Å². The molecule has 2 nitrogen and oxygen atoms in total. The number of hydrogen-bond acceptors (Lipinski definition) is 2. The summed E-state index contributed by atoms with van der Waals surface area (Å²) in [5.41, 5.74) is 2.14. The van der Waals surface area contributed by atoms with Crippen molar-refractivity contribution in [2.75, 3.05) is 0 Å². The third-order valence-electron chi connectivity index (χ3n) is 3.03. The van der Waals surface area contributed by atoms with Crippen LogP contribution in [0, 0.1) is 19.3 Å². The third-order valence-corrected chi connectivity index (χ3v) is 3.03. The second-order valence-electron chi connectivity index (χ2n) is 4.14. The van der Waals surface area contributed by atoms with Gasteiger partial charge >= 0.3 is 0 Å². The van der Waals surface area contributed by atoms with Gasteiger partial charge in [0.15, 0.2) is 0 Å². The van der Waals surface area contributed by atoms with E-state index in [9.17, 15) is 0 Å². The first-order chi connectivity index (χ1) is 8.26. The van der Waals surface area contributed by atoms with Crippen LogP contribution in [0.5, 0.6) is 0 Å². The van der Waals surface area contributed by atoms with Gasteiger partial charge in [0.1, 0.15) is 11.3 Å². The van der Waals surface area contributed by atoms with Gasteiger partial charge in [0.25, 0.3) is 0 Å². The van der Waals surface area contributed by atoms with Crippen LogP contribution in [0.3, 0.4) is 0 Å². The molecule has 1 atom stereocenters. The van der Waals surface area contributed by atoms with Crippen molar-refractivity contribution in [1.29, 1.82) is 0 Å². The Morgan fingerprint density at radius 3 is 2.88 bits per heavy atom. The first-order valence-electron chi connectivity index (χ1n) is 5.92. The van der Waals surface area contributed by atoms with Gasteiger partial charge in [0.05, 0.1) is 6.04 Å². The molecular weight excluding hydrogens is 210 g/mol. The smallest absolute Gasteiger partial charge is 0.134 e. The summed E-state index contributed by atoms with van der Waals surface area (Å²) in [5.74, 6) is 3.70. The molecule has 2 rings (SSSR count). The van der Waals surface area contributed by atoms with Crippen LogP contribution in [0.1, 0.15) is 24.7 Å². The van der Waals surface area contributed by atoms with Crippen molar-refractivity contribution >= 4 is 11.0 Å². The van der Waals surface area contributed by atoms with Gasteiger partial charge in [-0.1, -0.05) is 31.0 Å². The summed E-state index contributed by atoms with van der Waals surface area (Å²) in [6, 6.07) is 8.21. The van der Waals surface area contributed by atoms with Crippen molar-refractivity contribution in [3.63, 3.8) is 0 Å². The molecule has 1 heterocycles. The van der Waals surface area contributed by atoms with Crippen LogP contribution in [-0.2, 0) is 6.54 Å². The zero-order chi connectivity index (χ0) is 12.3. The number of terminal acetylenes is 1. The second-order valence-corrected chi connectivity index (χ2v) is 4.14. The Morgan fingerprint density at radius 2 is 2.18 bits per heavy atom. The maximum atomic E-state index is 5.71. The third kappa shape index (κ3) is 2.35. The van der Waals surface area contributed by atoms with Gasteiger partial charge in [-0.2, -0.15) is 0 Å². The van der Waals surface area contributed by atoms with E-state index in [1.165, 1.54) is 10.9 Å². The summed E-state index contributed by atoms with van der Waals surface area (Å²) in [6.07, 6.45) is 6.37. The Morgan fingerprint density at radius 1 is 1.41 bits per heavy atom. The van der Waals surface area contributed by atoms with E-state index < -0.39 is 0 Å². The molecule has 2 heteroatoms. The minimum absolute atomic E-state index is 0.128. The molecule has 1 unspecified atom stereocenters. The second kappa shape index (κ2) is 5.07. The number of hydrogen-bond donors (Lipinski definition) is 1. The Labute approximate surface area is 102 Å². The number of aryl methyl sites for hydroxylation is 1. The van der Waals surface area contributed by atoms with Gasteiger partial charge in [0, 0.05) is 17.5 Å². The molecule has 0 radical (unpaired) electrons. The fraction of sp³-hybridized carbons (Fsp3) is 0.333. The zero-order valence-electron chi connectivity index (χ0n) is 10.3. The summed E-state index contributed by atoms with van der Waals surface area (Å²) in [5, 5.41) is 4.53. The average Bonchev–Trinajstić information content (AvgIpc) is 2.67. The highest BCUT2D eigenvalue weighted by atomic mass is 16.3. The Bertz CT molecular complexity index is 548. The molecule has 0 saturated heterocycles. The Kier molecular flexibility index (Phi) is 3.51. The molecule has 0 bridgehead atoms. The highest BCUT2D eigenvalue weighted by Crippen LogP contribution is 2.24. The molecule has 0 aliphatic heterocycles. The molecule has 0 aliphatic carbocycles. The first-order valence-corrected chi connectivity index (χ1v) is 5.92. The van der Waals surface area contributed by atoms with E-state index in [1.54, 1.807) is 0 Å². The van der Waals surface area contributed by atoms with E-state index in [-0.39, 0.29) is 6.04 Å². The van der Waals surface area contributed by atoms with Crippen molar-refractivity contribution in [3.8, 4) is 12.3 Å². The minimum atomic E-state index is 0.128. The van der Waals surface area contributed by atoms with E-state index in [0.29, 0.717) is 0 Å². The molecular formula is C15H17NO. The predicted molar refractivity (Wildman–Crippen MR) is 70.7 cm³/mol. The van der Waals surface area contributed by atoms with Gasteiger partial charge in [-0.15, -0.1) is 6.42 Å². The van der Waals surface area contributed by atoms with Crippen molar-refractivity contribution < 1.29 is 4.42 Å². The fourth-order valence-corrected chi connectivity index (χ4v) is 1.99. The van der Waals surface area contributed by atoms with Gasteiger partial charge < -0.3 is 4.42 Å². The number of furan rings is 1. The van der Waals surface area contributed by atoms with Crippen LogP contribution in [0.2, 0.25) is 0 Å².